The van der Waals surface area contributed by atoms with E-state index in [9.17, 15) is 0 Å². The van der Waals surface area contributed by atoms with Crippen LogP contribution in [0, 0.1) is 0 Å². The van der Waals surface area contributed by atoms with E-state index in [0.29, 0.717) is 19.8 Å². The molecule has 34 heavy (non-hydrogen) atoms. The highest BCUT2D eigenvalue weighted by atomic mass is 16.5. The lowest BCUT2D eigenvalue weighted by Gasteiger charge is -2.13. The molecule has 0 aliphatic heterocycles. The maximum absolute atomic E-state index is 6.22. The van der Waals surface area contributed by atoms with Gasteiger partial charge in [-0.1, -0.05) is 78.9 Å². The molecule has 0 saturated heterocycles. The molecule has 0 aliphatic rings. The van der Waals surface area contributed by atoms with E-state index in [4.69, 9.17) is 14.5 Å². The normalized spacial score (nSPS) is 11.3. The quantitative estimate of drug-likeness (QED) is 0.266. The highest BCUT2D eigenvalue weighted by Gasteiger charge is 2.12. The summed E-state index contributed by atoms with van der Waals surface area (Å²) in [7, 11) is 0. The van der Waals surface area contributed by atoms with Crippen LogP contribution in [0.3, 0.4) is 0 Å². The van der Waals surface area contributed by atoms with Gasteiger partial charge in [0.05, 0.1) is 17.6 Å². The Balaban J connectivity index is 1.23. The van der Waals surface area contributed by atoms with Gasteiger partial charge >= 0.3 is 0 Å². The van der Waals surface area contributed by atoms with E-state index < -0.39 is 0 Å². The van der Waals surface area contributed by atoms with E-state index in [0.717, 1.165) is 39.1 Å². The minimum atomic E-state index is 0.390. The van der Waals surface area contributed by atoms with Gasteiger partial charge in [-0.05, 0) is 46.5 Å². The summed E-state index contributed by atoms with van der Waals surface area (Å²) in [5.74, 6) is 2.62. The second-order valence-corrected chi connectivity index (χ2v) is 8.29. The molecular weight excluding hydrogens is 420 g/mol. The highest BCUT2D eigenvalue weighted by Crippen LogP contribution is 2.26. The second kappa shape index (κ2) is 8.91. The molecule has 0 atom stereocenters. The minimum absolute atomic E-state index is 0.390. The summed E-state index contributed by atoms with van der Waals surface area (Å²) >= 11 is 0. The summed E-state index contributed by atoms with van der Waals surface area (Å²) in [5, 5.41) is 4.67. The van der Waals surface area contributed by atoms with Gasteiger partial charge in [-0.2, -0.15) is 0 Å². The van der Waals surface area contributed by atoms with Crippen LogP contribution in [-0.4, -0.2) is 16.2 Å². The number of para-hydroxylation sites is 2. The lowest BCUT2D eigenvalue weighted by Crippen LogP contribution is -2.13. The third-order valence-electron chi connectivity index (χ3n) is 6.14. The average Bonchev–Trinajstić information content (AvgIpc) is 3.25. The van der Waals surface area contributed by atoms with Gasteiger partial charge in [0, 0.05) is 5.39 Å². The zero-order valence-electron chi connectivity index (χ0n) is 18.7. The van der Waals surface area contributed by atoms with Crippen molar-refractivity contribution in [1.82, 2.24) is 9.55 Å². The Labute approximate surface area is 198 Å². The first-order chi connectivity index (χ1) is 16.8. The molecule has 0 radical (unpaired) electrons. The largest absolute Gasteiger partial charge is 0.491 e. The summed E-state index contributed by atoms with van der Waals surface area (Å²) < 4.78 is 14.6. The van der Waals surface area contributed by atoms with Crippen LogP contribution in [0.2, 0.25) is 0 Å². The second-order valence-electron chi connectivity index (χ2n) is 8.29. The van der Waals surface area contributed by atoms with Gasteiger partial charge in [0.25, 0.3) is 0 Å². The Morgan fingerprint density at radius 2 is 1.41 bits per heavy atom. The van der Waals surface area contributed by atoms with Crippen molar-refractivity contribution in [2.45, 2.75) is 13.2 Å². The Bertz CT molecular complexity index is 1600. The summed E-state index contributed by atoms with van der Waals surface area (Å²) in [6.07, 6.45) is 0. The van der Waals surface area contributed by atoms with Gasteiger partial charge in [-0.3, -0.25) is 0 Å². The van der Waals surface area contributed by atoms with Crippen molar-refractivity contribution in [2.24, 2.45) is 0 Å². The summed E-state index contributed by atoms with van der Waals surface area (Å²) in [6, 6.07) is 37.1. The number of hydrogen-bond donors (Lipinski definition) is 0. The van der Waals surface area contributed by atoms with Gasteiger partial charge in [-0.15, -0.1) is 0 Å². The molecule has 1 heterocycles. The Hall–Kier alpha value is -4.31. The van der Waals surface area contributed by atoms with E-state index in [1.807, 2.05) is 60.7 Å². The van der Waals surface area contributed by atoms with Gasteiger partial charge in [0.15, 0.2) is 0 Å². The number of imidazole rings is 1. The molecule has 0 bridgehead atoms. The first-order valence-corrected chi connectivity index (χ1v) is 11.5. The standard InChI is InChI=1S/C30H24N2O2/c1-2-10-24-20-25(17-16-22(24)8-1)34-21-30-31-27-13-5-6-14-28(27)32(30)18-19-33-29-15-7-11-23-9-3-4-12-26(23)29/h1-17,20H,18-19,21H2. The third-order valence-corrected chi connectivity index (χ3v) is 6.14. The molecule has 0 saturated carbocycles. The van der Waals surface area contributed by atoms with Crippen LogP contribution in [0.15, 0.2) is 109 Å². The lowest BCUT2D eigenvalue weighted by molar-refractivity contribution is 0.274. The Morgan fingerprint density at radius 1 is 0.647 bits per heavy atom. The fraction of sp³-hybridized carbons (Fsp3) is 0.100. The number of nitrogens with zero attached hydrogens (tertiary/aromatic N) is 2. The van der Waals surface area contributed by atoms with E-state index in [1.165, 1.54) is 10.8 Å². The third kappa shape index (κ3) is 3.95. The van der Waals surface area contributed by atoms with Crippen molar-refractivity contribution < 1.29 is 9.47 Å². The first kappa shape index (κ1) is 20.3. The average molecular weight is 445 g/mol. The molecular formula is C30H24N2O2. The van der Waals surface area contributed by atoms with Crippen LogP contribution in [0.1, 0.15) is 5.82 Å². The number of benzene rings is 5. The maximum Gasteiger partial charge on any atom is 0.148 e. The van der Waals surface area contributed by atoms with Gasteiger partial charge in [0.1, 0.15) is 30.5 Å². The molecule has 5 aromatic carbocycles. The van der Waals surface area contributed by atoms with Crippen molar-refractivity contribution in [2.75, 3.05) is 6.61 Å². The van der Waals surface area contributed by atoms with Crippen LogP contribution >= 0.6 is 0 Å². The molecule has 4 heteroatoms. The fourth-order valence-electron chi connectivity index (χ4n) is 4.46. The number of hydrogen-bond acceptors (Lipinski definition) is 3. The van der Waals surface area contributed by atoms with Crippen molar-refractivity contribution in [3.8, 4) is 11.5 Å². The van der Waals surface area contributed by atoms with Crippen LogP contribution in [0.5, 0.6) is 11.5 Å². The molecule has 0 unspecified atom stereocenters. The van der Waals surface area contributed by atoms with E-state index in [2.05, 4.69) is 53.1 Å². The van der Waals surface area contributed by atoms with E-state index in [-0.39, 0.29) is 0 Å². The van der Waals surface area contributed by atoms with Crippen LogP contribution in [-0.2, 0) is 13.2 Å². The first-order valence-electron chi connectivity index (χ1n) is 11.5. The zero-order valence-corrected chi connectivity index (χ0v) is 18.7. The van der Waals surface area contributed by atoms with Crippen molar-refractivity contribution in [3.05, 3.63) is 115 Å². The SMILES string of the molecule is c1ccc2cc(OCc3nc4ccccc4n3CCOc3cccc4ccccc34)ccc2c1. The van der Waals surface area contributed by atoms with Crippen LogP contribution < -0.4 is 9.47 Å². The number of aromatic nitrogens is 2. The maximum atomic E-state index is 6.22. The highest BCUT2D eigenvalue weighted by molar-refractivity contribution is 5.88. The van der Waals surface area contributed by atoms with Crippen molar-refractivity contribution >= 4 is 32.6 Å². The van der Waals surface area contributed by atoms with Gasteiger partial charge in [0.2, 0.25) is 0 Å². The summed E-state index contributed by atoms with van der Waals surface area (Å²) in [4.78, 5) is 4.85. The Kier molecular flexibility index (Phi) is 5.32. The topological polar surface area (TPSA) is 36.3 Å². The fourth-order valence-corrected chi connectivity index (χ4v) is 4.46. The Morgan fingerprint density at radius 3 is 2.35 bits per heavy atom. The number of ether oxygens (including phenoxy) is 2. The predicted molar refractivity (Wildman–Crippen MR) is 137 cm³/mol. The monoisotopic (exact) mass is 444 g/mol. The molecule has 6 aromatic rings. The minimum Gasteiger partial charge on any atom is -0.491 e. The molecule has 166 valence electrons. The van der Waals surface area contributed by atoms with Crippen molar-refractivity contribution in [3.63, 3.8) is 0 Å². The number of rotatable bonds is 7. The summed E-state index contributed by atoms with van der Waals surface area (Å²) in [5.41, 5.74) is 2.05. The molecule has 4 nitrogen and oxygen atoms in total. The molecule has 0 N–H and O–H groups in total. The molecule has 0 amide bonds. The van der Waals surface area contributed by atoms with Gasteiger partial charge in [-0.25, -0.2) is 4.98 Å². The van der Waals surface area contributed by atoms with Gasteiger partial charge < -0.3 is 14.0 Å². The predicted octanol–water partition coefficient (Wildman–Crippen LogP) is 7.00. The summed E-state index contributed by atoms with van der Waals surface area (Å²) in [6.45, 7) is 1.61. The molecule has 0 spiro atoms. The van der Waals surface area contributed by atoms with Crippen molar-refractivity contribution in [1.29, 1.82) is 0 Å². The lowest BCUT2D eigenvalue weighted by atomic mass is 10.1. The zero-order chi connectivity index (χ0) is 22.7. The molecule has 1 aromatic heterocycles. The van der Waals surface area contributed by atoms with E-state index in [1.54, 1.807) is 0 Å². The van der Waals surface area contributed by atoms with Crippen LogP contribution in [0.25, 0.3) is 32.6 Å². The molecule has 0 aliphatic carbocycles. The molecule has 6 rings (SSSR count). The van der Waals surface area contributed by atoms with E-state index >= 15 is 0 Å². The number of fused-ring (bicyclic) bond motifs is 3. The smallest absolute Gasteiger partial charge is 0.148 e. The van der Waals surface area contributed by atoms with Crippen LogP contribution in [0.4, 0.5) is 0 Å². The molecule has 0 fully saturated rings.